The van der Waals surface area contributed by atoms with Crippen LogP contribution in [0.2, 0.25) is 15.2 Å². The zero-order valence-corrected chi connectivity index (χ0v) is 9.31. The topological polar surface area (TPSA) is 4.93 Å². The maximum absolute atomic E-state index is 5.96. The second kappa shape index (κ2) is 3.85. The van der Waals surface area contributed by atoms with Crippen LogP contribution in [0.15, 0.2) is 36.5 Å². The van der Waals surface area contributed by atoms with Crippen molar-refractivity contribution in [1.29, 1.82) is 0 Å². The fourth-order valence-electron chi connectivity index (χ4n) is 1.25. The lowest BCUT2D eigenvalue weighted by atomic mass is 10.3. The van der Waals surface area contributed by atoms with E-state index in [1.165, 1.54) is 0 Å². The Morgan fingerprint density at radius 1 is 0.929 bits per heavy atom. The SMILES string of the molecule is Clc1cc(Cl)cc(-n2cccc2Cl)c1. The number of aromatic nitrogens is 1. The molecule has 0 aliphatic heterocycles. The summed E-state index contributed by atoms with van der Waals surface area (Å²) in [6, 6.07) is 8.95. The van der Waals surface area contributed by atoms with Gasteiger partial charge in [0.05, 0.1) is 0 Å². The van der Waals surface area contributed by atoms with Crippen molar-refractivity contribution in [3.05, 3.63) is 51.7 Å². The normalized spacial score (nSPS) is 10.5. The second-order valence-corrected chi connectivity index (χ2v) is 4.09. The van der Waals surface area contributed by atoms with Crippen LogP contribution in [0.4, 0.5) is 0 Å². The highest BCUT2D eigenvalue weighted by Crippen LogP contribution is 2.24. The molecule has 0 amide bonds. The molecule has 0 N–H and O–H groups in total. The van der Waals surface area contributed by atoms with Crippen LogP contribution in [-0.4, -0.2) is 4.57 Å². The van der Waals surface area contributed by atoms with Gasteiger partial charge in [0.2, 0.25) is 0 Å². The van der Waals surface area contributed by atoms with E-state index in [-0.39, 0.29) is 0 Å². The first-order chi connectivity index (χ1) is 6.66. The van der Waals surface area contributed by atoms with E-state index in [1.807, 2.05) is 12.3 Å². The van der Waals surface area contributed by atoms with E-state index < -0.39 is 0 Å². The minimum absolute atomic E-state index is 0.595. The molecule has 1 aromatic heterocycles. The average Bonchev–Trinajstić information content (AvgIpc) is 2.49. The molecule has 0 radical (unpaired) electrons. The molecule has 0 spiro atoms. The molecule has 1 nitrogen and oxygen atoms in total. The summed E-state index contributed by atoms with van der Waals surface area (Å²) in [7, 11) is 0. The summed E-state index contributed by atoms with van der Waals surface area (Å²) >= 11 is 17.7. The standard InChI is InChI=1S/C10H6Cl3N/c11-7-4-8(12)6-9(5-7)14-3-1-2-10(14)13/h1-6H. The smallest absolute Gasteiger partial charge is 0.113 e. The molecule has 0 saturated heterocycles. The molecule has 72 valence electrons. The van der Waals surface area contributed by atoms with E-state index in [2.05, 4.69) is 0 Å². The largest absolute Gasteiger partial charge is 0.308 e. The molecule has 0 aliphatic carbocycles. The molecule has 1 heterocycles. The number of benzene rings is 1. The van der Waals surface area contributed by atoms with Crippen molar-refractivity contribution in [1.82, 2.24) is 4.57 Å². The van der Waals surface area contributed by atoms with Gasteiger partial charge in [0.25, 0.3) is 0 Å². The van der Waals surface area contributed by atoms with Gasteiger partial charge in [-0.3, -0.25) is 0 Å². The summed E-state index contributed by atoms with van der Waals surface area (Å²) in [5.41, 5.74) is 0.859. The van der Waals surface area contributed by atoms with Gasteiger partial charge in [0.15, 0.2) is 0 Å². The average molecular weight is 247 g/mol. The lowest BCUT2D eigenvalue weighted by molar-refractivity contribution is 1.08. The highest BCUT2D eigenvalue weighted by atomic mass is 35.5. The molecular formula is C10H6Cl3N. The summed E-state index contributed by atoms with van der Waals surface area (Å²) in [5, 5.41) is 1.82. The van der Waals surface area contributed by atoms with Gasteiger partial charge in [-0.2, -0.15) is 0 Å². The first-order valence-corrected chi connectivity index (χ1v) is 5.09. The Morgan fingerprint density at radius 2 is 1.57 bits per heavy atom. The molecule has 0 saturated carbocycles. The van der Waals surface area contributed by atoms with Gasteiger partial charge in [-0.05, 0) is 30.3 Å². The lowest BCUT2D eigenvalue weighted by Crippen LogP contribution is -1.91. The van der Waals surface area contributed by atoms with E-state index >= 15 is 0 Å². The molecule has 0 aliphatic rings. The van der Waals surface area contributed by atoms with Gasteiger partial charge in [-0.25, -0.2) is 0 Å². The van der Waals surface area contributed by atoms with Gasteiger partial charge in [0.1, 0.15) is 5.15 Å². The monoisotopic (exact) mass is 245 g/mol. The highest BCUT2D eigenvalue weighted by molar-refractivity contribution is 6.35. The van der Waals surface area contributed by atoms with Crippen molar-refractivity contribution in [2.75, 3.05) is 0 Å². The van der Waals surface area contributed by atoms with Gasteiger partial charge >= 0.3 is 0 Å². The second-order valence-electron chi connectivity index (χ2n) is 2.83. The zero-order valence-electron chi connectivity index (χ0n) is 7.05. The summed E-state index contributed by atoms with van der Waals surface area (Å²) in [5.74, 6) is 0. The number of nitrogens with zero attached hydrogens (tertiary/aromatic N) is 1. The number of rotatable bonds is 1. The van der Waals surface area contributed by atoms with Crippen LogP contribution in [0.3, 0.4) is 0 Å². The van der Waals surface area contributed by atoms with Crippen LogP contribution in [0.1, 0.15) is 0 Å². The Bertz CT molecular complexity index is 442. The van der Waals surface area contributed by atoms with E-state index in [1.54, 1.807) is 28.8 Å². The minimum Gasteiger partial charge on any atom is -0.308 e. The predicted octanol–water partition coefficient (Wildman–Crippen LogP) is 4.44. The van der Waals surface area contributed by atoms with Crippen molar-refractivity contribution in [2.45, 2.75) is 0 Å². The maximum atomic E-state index is 5.96. The maximum Gasteiger partial charge on any atom is 0.113 e. The quantitative estimate of drug-likeness (QED) is 0.701. The van der Waals surface area contributed by atoms with Gasteiger partial charge < -0.3 is 4.57 Å². The molecule has 0 bridgehead atoms. The summed E-state index contributed by atoms with van der Waals surface area (Å²) in [6.45, 7) is 0. The molecule has 0 unspecified atom stereocenters. The molecule has 0 atom stereocenters. The Kier molecular flexibility index (Phi) is 2.73. The summed E-state index contributed by atoms with van der Waals surface area (Å²) in [4.78, 5) is 0. The summed E-state index contributed by atoms with van der Waals surface area (Å²) < 4.78 is 1.80. The predicted molar refractivity (Wildman–Crippen MR) is 60.8 cm³/mol. The summed E-state index contributed by atoms with van der Waals surface area (Å²) in [6.07, 6.45) is 1.85. The van der Waals surface area contributed by atoms with Crippen LogP contribution >= 0.6 is 34.8 Å². The van der Waals surface area contributed by atoms with Gasteiger partial charge in [-0.15, -0.1) is 0 Å². The minimum atomic E-state index is 0.595. The number of hydrogen-bond acceptors (Lipinski definition) is 0. The molecule has 4 heteroatoms. The van der Waals surface area contributed by atoms with E-state index in [9.17, 15) is 0 Å². The van der Waals surface area contributed by atoms with Gasteiger partial charge in [0, 0.05) is 21.9 Å². The first kappa shape index (κ1) is 9.91. The van der Waals surface area contributed by atoms with Crippen molar-refractivity contribution in [2.24, 2.45) is 0 Å². The molecular weight excluding hydrogens is 240 g/mol. The molecule has 1 aromatic carbocycles. The van der Waals surface area contributed by atoms with E-state index in [0.717, 1.165) is 5.69 Å². The van der Waals surface area contributed by atoms with Crippen LogP contribution in [0.5, 0.6) is 0 Å². The van der Waals surface area contributed by atoms with Crippen molar-refractivity contribution >= 4 is 34.8 Å². The molecule has 2 aromatic rings. The first-order valence-electron chi connectivity index (χ1n) is 3.96. The Morgan fingerprint density at radius 3 is 2.07 bits per heavy atom. The molecule has 0 fully saturated rings. The van der Waals surface area contributed by atoms with Crippen LogP contribution < -0.4 is 0 Å². The van der Waals surface area contributed by atoms with E-state index in [0.29, 0.717) is 15.2 Å². The van der Waals surface area contributed by atoms with Crippen molar-refractivity contribution < 1.29 is 0 Å². The van der Waals surface area contributed by atoms with Crippen LogP contribution in [-0.2, 0) is 0 Å². The Labute approximate surface area is 96.8 Å². The van der Waals surface area contributed by atoms with E-state index in [4.69, 9.17) is 34.8 Å². The third-order valence-corrected chi connectivity index (χ3v) is 2.57. The lowest BCUT2D eigenvalue weighted by Gasteiger charge is -2.05. The third-order valence-electron chi connectivity index (χ3n) is 1.82. The van der Waals surface area contributed by atoms with Crippen LogP contribution in [0, 0.1) is 0 Å². The Balaban J connectivity index is 2.57. The third kappa shape index (κ3) is 1.90. The fraction of sp³-hybridized carbons (Fsp3) is 0. The van der Waals surface area contributed by atoms with Crippen molar-refractivity contribution in [3.8, 4) is 5.69 Å². The molecule has 14 heavy (non-hydrogen) atoms. The molecule has 2 rings (SSSR count). The van der Waals surface area contributed by atoms with Crippen molar-refractivity contribution in [3.63, 3.8) is 0 Å². The number of hydrogen-bond donors (Lipinski definition) is 0. The highest BCUT2D eigenvalue weighted by Gasteiger charge is 2.02. The number of halogens is 3. The van der Waals surface area contributed by atoms with Crippen LogP contribution in [0.25, 0.3) is 5.69 Å². The Hall–Kier alpha value is -0.630. The fourth-order valence-corrected chi connectivity index (χ4v) is 1.99. The zero-order chi connectivity index (χ0) is 10.1. The van der Waals surface area contributed by atoms with Gasteiger partial charge in [-0.1, -0.05) is 34.8 Å².